The standard InChI is InChI=1S/C22H17FN8O/c1-32-22-15(8-5-11-26-22)17-19(24)27-20(29-28-17)18-14-7-4-10-25-21(14)31(30-18)12-13-6-2-3-9-16(13)23/h2-11H,12H2,1H3,(H2,24,27,29). The van der Waals surface area contributed by atoms with Crippen LogP contribution < -0.4 is 10.5 Å². The first-order valence-electron chi connectivity index (χ1n) is 9.70. The van der Waals surface area contributed by atoms with Gasteiger partial charge in [0.15, 0.2) is 11.5 Å². The Balaban J connectivity index is 1.60. The predicted octanol–water partition coefficient (Wildman–Crippen LogP) is 3.12. The first-order chi connectivity index (χ1) is 15.7. The van der Waals surface area contributed by atoms with Gasteiger partial charge in [-0.3, -0.25) is 0 Å². The highest BCUT2D eigenvalue weighted by Gasteiger charge is 2.20. The highest BCUT2D eigenvalue weighted by molar-refractivity contribution is 5.89. The maximum Gasteiger partial charge on any atom is 0.222 e. The number of ether oxygens (including phenoxy) is 1. The molecule has 9 nitrogen and oxygen atoms in total. The number of pyridine rings is 2. The number of fused-ring (bicyclic) bond motifs is 1. The van der Waals surface area contributed by atoms with Gasteiger partial charge in [-0.15, -0.1) is 10.2 Å². The molecule has 0 saturated heterocycles. The smallest absolute Gasteiger partial charge is 0.222 e. The van der Waals surface area contributed by atoms with Gasteiger partial charge in [0.1, 0.15) is 17.2 Å². The molecular weight excluding hydrogens is 411 g/mol. The number of anilines is 1. The highest BCUT2D eigenvalue weighted by atomic mass is 19.1. The van der Waals surface area contributed by atoms with Gasteiger partial charge in [0.25, 0.3) is 0 Å². The Morgan fingerprint density at radius 2 is 1.78 bits per heavy atom. The van der Waals surface area contributed by atoms with Crippen molar-refractivity contribution in [2.45, 2.75) is 6.54 Å². The quantitative estimate of drug-likeness (QED) is 0.454. The third-order valence-corrected chi connectivity index (χ3v) is 4.93. The minimum atomic E-state index is -0.314. The van der Waals surface area contributed by atoms with Crippen LogP contribution in [0.15, 0.2) is 60.9 Å². The van der Waals surface area contributed by atoms with E-state index in [1.807, 2.05) is 6.07 Å². The summed E-state index contributed by atoms with van der Waals surface area (Å²) in [5.41, 5.74) is 8.66. The van der Waals surface area contributed by atoms with Crippen LogP contribution in [-0.2, 0) is 6.54 Å². The third kappa shape index (κ3) is 3.37. The second-order valence-electron chi connectivity index (χ2n) is 6.90. The van der Waals surface area contributed by atoms with Crippen molar-refractivity contribution in [3.05, 3.63) is 72.3 Å². The van der Waals surface area contributed by atoms with Crippen molar-refractivity contribution >= 4 is 16.9 Å². The van der Waals surface area contributed by atoms with Crippen molar-refractivity contribution in [1.82, 2.24) is 34.9 Å². The molecule has 32 heavy (non-hydrogen) atoms. The average molecular weight is 428 g/mol. The number of aromatic nitrogens is 7. The molecule has 158 valence electrons. The molecule has 0 saturated carbocycles. The van der Waals surface area contributed by atoms with E-state index in [0.29, 0.717) is 39.4 Å². The van der Waals surface area contributed by atoms with Crippen LogP contribution in [0.3, 0.4) is 0 Å². The summed E-state index contributed by atoms with van der Waals surface area (Å²) in [6.07, 6.45) is 3.26. The van der Waals surface area contributed by atoms with Crippen molar-refractivity contribution in [3.63, 3.8) is 0 Å². The van der Waals surface area contributed by atoms with Crippen molar-refractivity contribution in [2.75, 3.05) is 12.8 Å². The molecule has 4 aromatic heterocycles. The molecule has 0 aliphatic carbocycles. The Morgan fingerprint density at radius 1 is 0.969 bits per heavy atom. The lowest BCUT2D eigenvalue weighted by Crippen LogP contribution is -2.06. The fourth-order valence-electron chi connectivity index (χ4n) is 3.44. The highest BCUT2D eigenvalue weighted by Crippen LogP contribution is 2.31. The normalized spacial score (nSPS) is 11.1. The maximum atomic E-state index is 14.2. The Bertz CT molecular complexity index is 1430. The van der Waals surface area contributed by atoms with Crippen LogP contribution in [0.5, 0.6) is 5.88 Å². The summed E-state index contributed by atoms with van der Waals surface area (Å²) in [4.78, 5) is 13.0. The molecule has 0 aliphatic rings. The van der Waals surface area contributed by atoms with Gasteiger partial charge in [-0.1, -0.05) is 18.2 Å². The monoisotopic (exact) mass is 428 g/mol. The van der Waals surface area contributed by atoms with E-state index in [0.717, 1.165) is 0 Å². The summed E-state index contributed by atoms with van der Waals surface area (Å²) < 4.78 is 21.1. The number of benzene rings is 1. The molecule has 5 aromatic rings. The topological polar surface area (TPSA) is 118 Å². The molecule has 1 aromatic carbocycles. The molecule has 0 amide bonds. The number of hydrogen-bond donors (Lipinski definition) is 1. The molecule has 0 aliphatic heterocycles. The molecule has 0 spiro atoms. The van der Waals surface area contributed by atoms with E-state index in [4.69, 9.17) is 10.5 Å². The molecule has 2 N–H and O–H groups in total. The zero-order valence-corrected chi connectivity index (χ0v) is 17.0. The van der Waals surface area contributed by atoms with Gasteiger partial charge in [-0.05, 0) is 30.3 Å². The molecule has 0 unspecified atom stereocenters. The number of nitrogen functional groups attached to an aromatic ring is 1. The summed E-state index contributed by atoms with van der Waals surface area (Å²) in [7, 11) is 1.51. The SMILES string of the molecule is COc1ncccc1-c1nnc(-c2nn(Cc3ccccc3F)c3ncccc23)nc1N. The van der Waals surface area contributed by atoms with Crippen LogP contribution in [0.25, 0.3) is 33.8 Å². The van der Waals surface area contributed by atoms with E-state index in [1.165, 1.54) is 13.2 Å². The number of rotatable bonds is 5. The minimum Gasteiger partial charge on any atom is -0.481 e. The largest absolute Gasteiger partial charge is 0.481 e. The number of methoxy groups -OCH3 is 1. The third-order valence-electron chi connectivity index (χ3n) is 4.93. The fourth-order valence-corrected chi connectivity index (χ4v) is 3.44. The van der Waals surface area contributed by atoms with E-state index < -0.39 is 0 Å². The van der Waals surface area contributed by atoms with Gasteiger partial charge in [0, 0.05) is 18.0 Å². The molecule has 0 bridgehead atoms. The maximum absolute atomic E-state index is 14.2. The van der Waals surface area contributed by atoms with Crippen molar-refractivity contribution in [3.8, 4) is 28.7 Å². The van der Waals surface area contributed by atoms with Crippen molar-refractivity contribution in [1.29, 1.82) is 0 Å². The van der Waals surface area contributed by atoms with Gasteiger partial charge in [-0.25, -0.2) is 24.0 Å². The van der Waals surface area contributed by atoms with Gasteiger partial charge in [-0.2, -0.15) is 5.10 Å². The van der Waals surface area contributed by atoms with Gasteiger partial charge in [0.05, 0.1) is 24.6 Å². The van der Waals surface area contributed by atoms with Crippen molar-refractivity contribution in [2.24, 2.45) is 0 Å². The van der Waals surface area contributed by atoms with Crippen LogP contribution in [0, 0.1) is 5.82 Å². The summed E-state index contributed by atoms with van der Waals surface area (Å²) in [6, 6.07) is 13.7. The lowest BCUT2D eigenvalue weighted by Gasteiger charge is -2.08. The fraction of sp³-hybridized carbons (Fsp3) is 0.0909. The zero-order chi connectivity index (χ0) is 22.1. The van der Waals surface area contributed by atoms with Crippen LogP contribution in [0.1, 0.15) is 5.56 Å². The summed E-state index contributed by atoms with van der Waals surface area (Å²) in [5, 5.41) is 13.8. The van der Waals surface area contributed by atoms with E-state index in [-0.39, 0.29) is 24.0 Å². The average Bonchev–Trinajstić information content (AvgIpc) is 3.19. The molecule has 0 atom stereocenters. The van der Waals surface area contributed by atoms with E-state index in [1.54, 1.807) is 53.5 Å². The second kappa shape index (κ2) is 7.99. The lowest BCUT2D eigenvalue weighted by atomic mass is 10.2. The van der Waals surface area contributed by atoms with Gasteiger partial charge in [0.2, 0.25) is 11.7 Å². The molecule has 10 heteroatoms. The molecule has 4 heterocycles. The Labute approximate surface area is 181 Å². The second-order valence-corrected chi connectivity index (χ2v) is 6.90. The van der Waals surface area contributed by atoms with Gasteiger partial charge >= 0.3 is 0 Å². The van der Waals surface area contributed by atoms with E-state index >= 15 is 0 Å². The first-order valence-corrected chi connectivity index (χ1v) is 9.70. The Morgan fingerprint density at radius 3 is 2.59 bits per heavy atom. The summed E-state index contributed by atoms with van der Waals surface area (Å²) >= 11 is 0. The van der Waals surface area contributed by atoms with Gasteiger partial charge < -0.3 is 10.5 Å². The predicted molar refractivity (Wildman–Crippen MR) is 116 cm³/mol. The van der Waals surface area contributed by atoms with Crippen LogP contribution >= 0.6 is 0 Å². The molecular formula is C22H17FN8O. The number of nitrogens with two attached hydrogens (primary N) is 1. The Hall–Kier alpha value is -4.47. The van der Waals surface area contributed by atoms with Crippen molar-refractivity contribution < 1.29 is 9.13 Å². The first kappa shape index (κ1) is 19.5. The number of hydrogen-bond acceptors (Lipinski definition) is 8. The van der Waals surface area contributed by atoms with Crippen LogP contribution in [0.2, 0.25) is 0 Å². The van der Waals surface area contributed by atoms with E-state index in [2.05, 4.69) is 30.2 Å². The Kier molecular flexibility index (Phi) is 4.86. The molecule has 0 fully saturated rings. The lowest BCUT2D eigenvalue weighted by molar-refractivity contribution is 0.399. The van der Waals surface area contributed by atoms with Crippen LogP contribution in [0.4, 0.5) is 10.2 Å². The molecule has 0 radical (unpaired) electrons. The number of nitrogens with zero attached hydrogens (tertiary/aromatic N) is 7. The molecule has 5 rings (SSSR count). The van der Waals surface area contributed by atoms with E-state index in [9.17, 15) is 4.39 Å². The summed E-state index contributed by atoms with van der Waals surface area (Å²) in [6.45, 7) is 0.202. The minimum absolute atomic E-state index is 0.155. The zero-order valence-electron chi connectivity index (χ0n) is 17.0. The van der Waals surface area contributed by atoms with Crippen LogP contribution in [-0.4, -0.2) is 42.0 Å². The summed E-state index contributed by atoms with van der Waals surface area (Å²) in [5.74, 6) is 0.443. The number of halogens is 1.